The van der Waals surface area contributed by atoms with Crippen molar-refractivity contribution in [2.24, 2.45) is 11.8 Å². The summed E-state index contributed by atoms with van der Waals surface area (Å²) in [5, 5.41) is 0. The zero-order valence-electron chi connectivity index (χ0n) is 10.7. The minimum Gasteiger partial charge on any atom is -0.370 e. The molecule has 0 aromatic heterocycles. The molecule has 4 heteroatoms. The van der Waals surface area contributed by atoms with Gasteiger partial charge in [-0.15, -0.1) is 0 Å². The lowest BCUT2D eigenvalue weighted by molar-refractivity contribution is -0.122. The van der Waals surface area contributed by atoms with Crippen molar-refractivity contribution in [2.45, 2.75) is 32.0 Å². The van der Waals surface area contributed by atoms with Crippen molar-refractivity contribution in [3.05, 3.63) is 29.8 Å². The number of aryl methyl sites for hydroxylation is 1. The van der Waals surface area contributed by atoms with Crippen LogP contribution in [-0.2, 0) is 14.3 Å². The second kappa shape index (κ2) is 3.67. The Morgan fingerprint density at radius 2 is 1.53 bits per heavy atom. The van der Waals surface area contributed by atoms with Crippen LogP contribution in [0.1, 0.15) is 18.4 Å². The Labute approximate surface area is 111 Å². The highest BCUT2D eigenvalue weighted by Crippen LogP contribution is 2.47. The minimum atomic E-state index is -0.169. The van der Waals surface area contributed by atoms with Crippen LogP contribution in [0.15, 0.2) is 24.3 Å². The van der Waals surface area contributed by atoms with Crippen molar-refractivity contribution in [3.63, 3.8) is 0 Å². The Balaban J connectivity index is 1.68. The number of nitrogens with zero attached hydrogens (tertiary/aromatic N) is 1. The zero-order valence-corrected chi connectivity index (χ0v) is 10.7. The van der Waals surface area contributed by atoms with Crippen LogP contribution in [0.3, 0.4) is 0 Å². The van der Waals surface area contributed by atoms with Gasteiger partial charge in [-0.3, -0.25) is 14.5 Å². The number of amides is 2. The van der Waals surface area contributed by atoms with Gasteiger partial charge >= 0.3 is 0 Å². The average Bonchev–Trinajstić information content (AvgIpc) is 3.13. The summed E-state index contributed by atoms with van der Waals surface area (Å²) in [5.74, 6) is -0.435. The molecule has 2 heterocycles. The molecule has 1 aromatic carbocycles. The monoisotopic (exact) mass is 257 g/mol. The van der Waals surface area contributed by atoms with Crippen molar-refractivity contribution in [1.82, 2.24) is 0 Å². The van der Waals surface area contributed by atoms with E-state index < -0.39 is 0 Å². The van der Waals surface area contributed by atoms with E-state index in [0.717, 1.165) is 5.56 Å². The number of imide groups is 1. The van der Waals surface area contributed by atoms with Crippen molar-refractivity contribution in [1.29, 1.82) is 0 Å². The van der Waals surface area contributed by atoms with E-state index in [9.17, 15) is 9.59 Å². The first kappa shape index (κ1) is 11.2. The molecule has 19 heavy (non-hydrogen) atoms. The topological polar surface area (TPSA) is 49.9 Å². The van der Waals surface area contributed by atoms with Crippen LogP contribution in [-0.4, -0.2) is 24.0 Å². The SMILES string of the molecule is Cc1ccc(N2C(=O)C3CC4OC4CC3C2=O)cc1. The highest BCUT2D eigenvalue weighted by atomic mass is 16.6. The zero-order chi connectivity index (χ0) is 13.1. The number of fused-ring (bicyclic) bond motifs is 2. The molecule has 4 rings (SSSR count). The second-order valence-corrected chi connectivity index (χ2v) is 5.74. The van der Waals surface area contributed by atoms with Crippen LogP contribution in [0, 0.1) is 18.8 Å². The maximum absolute atomic E-state index is 12.4. The molecule has 3 aliphatic rings. The van der Waals surface area contributed by atoms with E-state index in [-0.39, 0.29) is 35.9 Å². The van der Waals surface area contributed by atoms with Gasteiger partial charge in [-0.25, -0.2) is 0 Å². The molecule has 2 amide bonds. The van der Waals surface area contributed by atoms with E-state index in [1.807, 2.05) is 31.2 Å². The second-order valence-electron chi connectivity index (χ2n) is 5.74. The predicted octanol–water partition coefficient (Wildman–Crippen LogP) is 1.66. The fourth-order valence-corrected chi connectivity index (χ4v) is 3.36. The Hall–Kier alpha value is -1.68. The van der Waals surface area contributed by atoms with E-state index in [4.69, 9.17) is 4.74 Å². The van der Waals surface area contributed by atoms with Gasteiger partial charge in [0, 0.05) is 0 Å². The van der Waals surface area contributed by atoms with Crippen molar-refractivity contribution in [3.8, 4) is 0 Å². The van der Waals surface area contributed by atoms with Gasteiger partial charge in [0.1, 0.15) is 0 Å². The van der Waals surface area contributed by atoms with Gasteiger partial charge in [0.2, 0.25) is 11.8 Å². The number of rotatable bonds is 1. The number of carbonyl (C=O) groups is 2. The molecule has 0 radical (unpaired) electrons. The number of hydrogen-bond donors (Lipinski definition) is 0. The summed E-state index contributed by atoms with van der Waals surface area (Å²) in [4.78, 5) is 26.3. The first-order valence-electron chi connectivity index (χ1n) is 6.75. The largest absolute Gasteiger partial charge is 0.370 e. The fourth-order valence-electron chi connectivity index (χ4n) is 3.36. The van der Waals surface area contributed by atoms with Crippen LogP contribution >= 0.6 is 0 Å². The smallest absolute Gasteiger partial charge is 0.237 e. The van der Waals surface area contributed by atoms with Crippen molar-refractivity contribution in [2.75, 3.05) is 4.90 Å². The summed E-state index contributed by atoms with van der Waals surface area (Å²) in [6, 6.07) is 7.55. The highest BCUT2D eigenvalue weighted by Gasteiger charge is 2.58. The maximum atomic E-state index is 12.4. The summed E-state index contributed by atoms with van der Waals surface area (Å²) in [5.41, 5.74) is 1.82. The third-order valence-corrected chi connectivity index (χ3v) is 4.51. The summed E-state index contributed by atoms with van der Waals surface area (Å²) < 4.78 is 5.44. The lowest BCUT2D eigenvalue weighted by atomic mass is 9.81. The van der Waals surface area contributed by atoms with Gasteiger partial charge in [-0.05, 0) is 31.9 Å². The number of benzene rings is 1. The van der Waals surface area contributed by atoms with E-state index in [1.54, 1.807) is 0 Å². The molecule has 3 fully saturated rings. The van der Waals surface area contributed by atoms with Crippen LogP contribution in [0.2, 0.25) is 0 Å². The Kier molecular flexibility index (Phi) is 2.16. The molecule has 0 N–H and O–H groups in total. The maximum Gasteiger partial charge on any atom is 0.237 e. The van der Waals surface area contributed by atoms with Crippen LogP contribution in [0.5, 0.6) is 0 Å². The third kappa shape index (κ3) is 1.56. The molecule has 0 spiro atoms. The van der Waals surface area contributed by atoms with E-state index >= 15 is 0 Å². The lowest BCUT2D eigenvalue weighted by Gasteiger charge is -2.16. The van der Waals surface area contributed by atoms with Crippen LogP contribution in [0.25, 0.3) is 0 Å². The van der Waals surface area contributed by atoms with Gasteiger partial charge in [0.15, 0.2) is 0 Å². The molecular weight excluding hydrogens is 242 g/mol. The fraction of sp³-hybridized carbons (Fsp3) is 0.467. The van der Waals surface area contributed by atoms with Gasteiger partial charge in [-0.2, -0.15) is 0 Å². The summed E-state index contributed by atoms with van der Waals surface area (Å²) in [7, 11) is 0. The molecule has 1 aliphatic carbocycles. The third-order valence-electron chi connectivity index (χ3n) is 4.51. The highest BCUT2D eigenvalue weighted by molar-refractivity contribution is 6.22. The number of anilines is 1. The van der Waals surface area contributed by atoms with Crippen molar-refractivity contribution < 1.29 is 14.3 Å². The van der Waals surface area contributed by atoms with Gasteiger partial charge in [0.25, 0.3) is 0 Å². The first-order chi connectivity index (χ1) is 9.15. The predicted molar refractivity (Wildman–Crippen MR) is 68.5 cm³/mol. The molecule has 0 bridgehead atoms. The van der Waals surface area contributed by atoms with Crippen LogP contribution < -0.4 is 4.90 Å². The molecule has 4 nitrogen and oxygen atoms in total. The minimum absolute atomic E-state index is 0.0483. The van der Waals surface area contributed by atoms with Gasteiger partial charge in [0.05, 0.1) is 29.7 Å². The Morgan fingerprint density at radius 3 is 2.05 bits per heavy atom. The summed E-state index contributed by atoms with van der Waals surface area (Å²) in [6.45, 7) is 1.99. The normalized spacial score (nSPS) is 36.2. The molecule has 98 valence electrons. The van der Waals surface area contributed by atoms with Gasteiger partial charge in [-0.1, -0.05) is 17.7 Å². The van der Waals surface area contributed by atoms with Crippen LogP contribution in [0.4, 0.5) is 5.69 Å². The number of hydrogen-bond acceptors (Lipinski definition) is 3. The molecule has 1 saturated carbocycles. The molecule has 4 unspecified atom stereocenters. The Bertz CT molecular complexity index is 537. The molecule has 2 aliphatic heterocycles. The quantitative estimate of drug-likeness (QED) is 0.568. The lowest BCUT2D eigenvalue weighted by Crippen LogP contribution is -2.30. The summed E-state index contributed by atoms with van der Waals surface area (Å²) >= 11 is 0. The van der Waals surface area contributed by atoms with E-state index in [0.29, 0.717) is 18.5 Å². The first-order valence-corrected chi connectivity index (χ1v) is 6.75. The van der Waals surface area contributed by atoms with Gasteiger partial charge < -0.3 is 4.74 Å². The van der Waals surface area contributed by atoms with Crippen molar-refractivity contribution >= 4 is 17.5 Å². The summed E-state index contributed by atoms with van der Waals surface area (Å²) in [6.07, 6.45) is 1.86. The molecular formula is C15H15NO3. The molecule has 2 saturated heterocycles. The number of carbonyl (C=O) groups excluding carboxylic acids is 2. The van der Waals surface area contributed by atoms with E-state index in [2.05, 4.69) is 0 Å². The standard InChI is InChI=1S/C15H15NO3/c1-8-2-4-9(5-3-8)16-14(17)10-6-12-13(19-12)7-11(10)15(16)18/h2-5,10-13H,6-7H2,1H3. The average molecular weight is 257 g/mol. The molecule has 4 atom stereocenters. The molecule has 1 aromatic rings. The Morgan fingerprint density at radius 1 is 1.00 bits per heavy atom. The number of ether oxygens (including phenoxy) is 1. The van der Waals surface area contributed by atoms with E-state index in [1.165, 1.54) is 4.90 Å². The number of epoxide rings is 1.